The second kappa shape index (κ2) is 6.13. The minimum absolute atomic E-state index is 0.0276. The lowest BCUT2D eigenvalue weighted by molar-refractivity contribution is -0.384. The van der Waals surface area contributed by atoms with Crippen LogP contribution >= 0.6 is 0 Å². The van der Waals surface area contributed by atoms with Crippen molar-refractivity contribution < 1.29 is 4.92 Å². The van der Waals surface area contributed by atoms with E-state index in [1.165, 1.54) is 0 Å². The van der Waals surface area contributed by atoms with E-state index in [0.717, 1.165) is 19.0 Å². The Morgan fingerprint density at radius 3 is 2.61 bits per heavy atom. The van der Waals surface area contributed by atoms with Gasteiger partial charge in [0.2, 0.25) is 11.8 Å². The lowest BCUT2D eigenvalue weighted by Crippen LogP contribution is -2.26. The summed E-state index contributed by atoms with van der Waals surface area (Å²) >= 11 is 0. The van der Waals surface area contributed by atoms with Crippen LogP contribution in [0.5, 0.6) is 0 Å². The summed E-state index contributed by atoms with van der Waals surface area (Å²) in [5.74, 6) is 0.646. The molecule has 0 radical (unpaired) electrons. The van der Waals surface area contributed by atoms with E-state index in [9.17, 15) is 10.1 Å². The Bertz CT molecular complexity index is 420. The lowest BCUT2D eigenvalue weighted by Gasteiger charge is -2.22. The molecule has 1 unspecified atom stereocenters. The van der Waals surface area contributed by atoms with Gasteiger partial charge >= 0.3 is 5.69 Å². The van der Waals surface area contributed by atoms with Gasteiger partial charge in [0.25, 0.3) is 0 Å². The van der Waals surface area contributed by atoms with Crippen molar-refractivity contribution in [1.29, 1.82) is 0 Å². The standard InChI is InChI=1S/C11H19N5O2/c1-4-8(5-2)7(3)14-10-9(16(17)18)6-13-11(12)15-10/h6-8H,4-5H2,1-3H3,(H3,12,13,14,15). The summed E-state index contributed by atoms with van der Waals surface area (Å²) in [5, 5.41) is 13.9. The van der Waals surface area contributed by atoms with Crippen molar-refractivity contribution in [3.8, 4) is 0 Å². The third-order valence-corrected chi connectivity index (χ3v) is 3.11. The number of nitrogens with two attached hydrogens (primary N) is 1. The number of aromatic nitrogens is 2. The van der Waals surface area contributed by atoms with Gasteiger partial charge < -0.3 is 11.1 Å². The van der Waals surface area contributed by atoms with Crippen molar-refractivity contribution >= 4 is 17.5 Å². The maximum Gasteiger partial charge on any atom is 0.329 e. The number of nitro groups is 1. The van der Waals surface area contributed by atoms with E-state index < -0.39 is 4.92 Å². The fourth-order valence-corrected chi connectivity index (χ4v) is 1.96. The van der Waals surface area contributed by atoms with Crippen molar-refractivity contribution in [3.05, 3.63) is 16.3 Å². The zero-order valence-electron chi connectivity index (χ0n) is 10.9. The van der Waals surface area contributed by atoms with Crippen molar-refractivity contribution in [2.24, 2.45) is 5.92 Å². The molecule has 0 amide bonds. The molecule has 1 aromatic heterocycles. The fourth-order valence-electron chi connectivity index (χ4n) is 1.96. The Morgan fingerprint density at radius 2 is 2.11 bits per heavy atom. The minimum atomic E-state index is -0.513. The van der Waals surface area contributed by atoms with E-state index in [1.54, 1.807) is 0 Å². The van der Waals surface area contributed by atoms with E-state index in [0.29, 0.717) is 5.92 Å². The Kier molecular flexibility index (Phi) is 4.82. The molecule has 7 heteroatoms. The van der Waals surface area contributed by atoms with Crippen LogP contribution < -0.4 is 11.1 Å². The first-order valence-electron chi connectivity index (χ1n) is 6.03. The quantitative estimate of drug-likeness (QED) is 0.594. The van der Waals surface area contributed by atoms with Gasteiger partial charge in [0.15, 0.2) is 0 Å². The summed E-state index contributed by atoms with van der Waals surface area (Å²) in [6.45, 7) is 6.17. The van der Waals surface area contributed by atoms with Crippen LogP contribution in [0, 0.1) is 16.0 Å². The number of hydrogen-bond acceptors (Lipinski definition) is 6. The fraction of sp³-hybridized carbons (Fsp3) is 0.636. The van der Waals surface area contributed by atoms with Crippen LogP contribution in [0.25, 0.3) is 0 Å². The molecule has 0 aliphatic carbocycles. The number of nitrogen functional groups attached to an aromatic ring is 1. The van der Waals surface area contributed by atoms with Gasteiger partial charge in [-0.2, -0.15) is 4.98 Å². The Balaban J connectivity index is 2.95. The van der Waals surface area contributed by atoms with Crippen LogP contribution in [-0.2, 0) is 0 Å². The van der Waals surface area contributed by atoms with Crippen molar-refractivity contribution in [2.75, 3.05) is 11.1 Å². The van der Waals surface area contributed by atoms with Crippen molar-refractivity contribution in [2.45, 2.75) is 39.7 Å². The third kappa shape index (κ3) is 3.28. The highest BCUT2D eigenvalue weighted by atomic mass is 16.6. The second-order valence-electron chi connectivity index (χ2n) is 4.23. The molecule has 0 aromatic carbocycles. The van der Waals surface area contributed by atoms with Gasteiger partial charge in [0.1, 0.15) is 6.20 Å². The number of hydrogen-bond donors (Lipinski definition) is 2. The highest BCUT2D eigenvalue weighted by molar-refractivity contribution is 5.56. The molecule has 1 atom stereocenters. The van der Waals surface area contributed by atoms with Gasteiger partial charge in [-0.1, -0.05) is 26.7 Å². The van der Waals surface area contributed by atoms with Crippen LogP contribution in [0.1, 0.15) is 33.6 Å². The predicted octanol–water partition coefficient (Wildman–Crippen LogP) is 2.20. The summed E-state index contributed by atoms with van der Waals surface area (Å²) in [6, 6.07) is 0.0907. The molecule has 0 saturated carbocycles. The van der Waals surface area contributed by atoms with E-state index in [4.69, 9.17) is 5.73 Å². The van der Waals surface area contributed by atoms with E-state index >= 15 is 0 Å². The average Bonchev–Trinajstić information content (AvgIpc) is 2.30. The molecule has 7 nitrogen and oxygen atoms in total. The van der Waals surface area contributed by atoms with E-state index in [1.807, 2.05) is 6.92 Å². The molecule has 1 aromatic rings. The zero-order chi connectivity index (χ0) is 13.7. The molecular formula is C11H19N5O2. The van der Waals surface area contributed by atoms with Crippen molar-refractivity contribution in [3.63, 3.8) is 0 Å². The SMILES string of the molecule is CCC(CC)C(C)Nc1nc(N)ncc1[N+](=O)[O-]. The second-order valence-corrected chi connectivity index (χ2v) is 4.23. The molecule has 18 heavy (non-hydrogen) atoms. The molecule has 1 rings (SSSR count). The van der Waals surface area contributed by atoms with Crippen LogP contribution in [0.2, 0.25) is 0 Å². The molecule has 1 heterocycles. The van der Waals surface area contributed by atoms with Gasteiger partial charge in [-0.25, -0.2) is 4.98 Å². The Hall–Kier alpha value is -1.92. The summed E-state index contributed by atoms with van der Waals surface area (Å²) in [4.78, 5) is 17.9. The summed E-state index contributed by atoms with van der Waals surface area (Å²) in [6.07, 6.45) is 3.13. The molecule has 100 valence electrons. The maximum atomic E-state index is 10.9. The number of anilines is 2. The van der Waals surface area contributed by atoms with Crippen LogP contribution in [0.4, 0.5) is 17.5 Å². The Morgan fingerprint density at radius 1 is 1.50 bits per heavy atom. The molecule has 0 aliphatic heterocycles. The first-order valence-corrected chi connectivity index (χ1v) is 6.03. The maximum absolute atomic E-state index is 10.9. The molecule has 0 saturated heterocycles. The number of rotatable bonds is 6. The number of nitrogens with one attached hydrogen (secondary N) is 1. The summed E-state index contributed by atoms with van der Waals surface area (Å²) in [7, 11) is 0. The largest absolute Gasteiger partial charge is 0.368 e. The molecular weight excluding hydrogens is 234 g/mol. The van der Waals surface area contributed by atoms with Crippen LogP contribution in [-0.4, -0.2) is 20.9 Å². The number of nitrogens with zero attached hydrogens (tertiary/aromatic N) is 3. The first-order chi connectivity index (χ1) is 8.49. The topological polar surface area (TPSA) is 107 Å². The predicted molar refractivity (Wildman–Crippen MR) is 70.3 cm³/mol. The monoisotopic (exact) mass is 253 g/mol. The smallest absolute Gasteiger partial charge is 0.329 e. The zero-order valence-corrected chi connectivity index (χ0v) is 10.9. The molecule has 0 spiro atoms. The lowest BCUT2D eigenvalue weighted by atomic mass is 9.95. The Labute approximate surface area is 106 Å². The average molecular weight is 253 g/mol. The summed E-state index contributed by atoms with van der Waals surface area (Å²) < 4.78 is 0. The third-order valence-electron chi connectivity index (χ3n) is 3.11. The molecule has 3 N–H and O–H groups in total. The van der Waals surface area contributed by atoms with Crippen molar-refractivity contribution in [1.82, 2.24) is 9.97 Å². The minimum Gasteiger partial charge on any atom is -0.368 e. The van der Waals surface area contributed by atoms with E-state index in [2.05, 4.69) is 29.1 Å². The van der Waals surface area contributed by atoms with E-state index in [-0.39, 0.29) is 23.5 Å². The molecule has 0 fully saturated rings. The highest BCUT2D eigenvalue weighted by Gasteiger charge is 2.21. The van der Waals surface area contributed by atoms with Crippen LogP contribution in [0.15, 0.2) is 6.20 Å². The molecule has 0 aliphatic rings. The first kappa shape index (κ1) is 14.1. The molecule has 0 bridgehead atoms. The normalized spacial score (nSPS) is 12.4. The van der Waals surface area contributed by atoms with Gasteiger partial charge in [0, 0.05) is 6.04 Å². The highest BCUT2D eigenvalue weighted by Crippen LogP contribution is 2.24. The van der Waals surface area contributed by atoms with Gasteiger partial charge in [-0.15, -0.1) is 0 Å². The van der Waals surface area contributed by atoms with Crippen LogP contribution in [0.3, 0.4) is 0 Å². The van der Waals surface area contributed by atoms with Gasteiger partial charge in [0.05, 0.1) is 4.92 Å². The summed E-state index contributed by atoms with van der Waals surface area (Å²) in [5.41, 5.74) is 5.31. The van der Waals surface area contributed by atoms with Gasteiger partial charge in [-0.05, 0) is 12.8 Å². The van der Waals surface area contributed by atoms with Gasteiger partial charge in [-0.3, -0.25) is 10.1 Å².